The van der Waals surface area contributed by atoms with Crippen LogP contribution in [0.4, 0.5) is 0 Å². The Kier molecular flexibility index (Phi) is 3.94. The van der Waals surface area contributed by atoms with Gasteiger partial charge in [-0.2, -0.15) is 0 Å². The van der Waals surface area contributed by atoms with Gasteiger partial charge in [0.05, 0.1) is 5.56 Å². The van der Waals surface area contributed by atoms with Crippen molar-refractivity contribution in [3.63, 3.8) is 0 Å². The molecule has 0 saturated carbocycles. The molecular formula is C19H13ClO2. The van der Waals surface area contributed by atoms with Crippen LogP contribution < -0.4 is 0 Å². The first-order valence-corrected chi connectivity index (χ1v) is 7.22. The third-order valence-corrected chi connectivity index (χ3v) is 3.82. The summed E-state index contributed by atoms with van der Waals surface area (Å²) in [6.45, 7) is 0. The zero-order valence-corrected chi connectivity index (χ0v) is 12.4. The van der Waals surface area contributed by atoms with Crippen LogP contribution >= 0.6 is 11.6 Å². The fourth-order valence-corrected chi connectivity index (χ4v) is 2.60. The van der Waals surface area contributed by atoms with Crippen LogP contribution in [0.2, 0.25) is 5.02 Å². The van der Waals surface area contributed by atoms with E-state index in [9.17, 15) is 9.90 Å². The summed E-state index contributed by atoms with van der Waals surface area (Å²) < 4.78 is 0. The van der Waals surface area contributed by atoms with E-state index < -0.39 is 0 Å². The second kappa shape index (κ2) is 6.04. The first-order chi connectivity index (χ1) is 10.7. The van der Waals surface area contributed by atoms with Crippen molar-refractivity contribution < 1.29 is 9.90 Å². The minimum absolute atomic E-state index is 0.0156. The van der Waals surface area contributed by atoms with Crippen LogP contribution in [0.5, 0.6) is 5.75 Å². The van der Waals surface area contributed by atoms with Gasteiger partial charge in [-0.3, -0.25) is 4.79 Å². The van der Waals surface area contributed by atoms with Crippen molar-refractivity contribution in [2.24, 2.45) is 0 Å². The molecule has 0 amide bonds. The Hall–Kier alpha value is -2.58. The smallest absolute Gasteiger partial charge is 0.189 e. The molecule has 0 aromatic heterocycles. The highest BCUT2D eigenvalue weighted by Gasteiger charge is 2.07. The molecule has 22 heavy (non-hydrogen) atoms. The predicted molar refractivity (Wildman–Crippen MR) is 90.4 cm³/mol. The Morgan fingerprint density at radius 1 is 0.909 bits per heavy atom. The van der Waals surface area contributed by atoms with Crippen LogP contribution in [0.25, 0.3) is 16.8 Å². The first-order valence-electron chi connectivity index (χ1n) is 6.84. The van der Waals surface area contributed by atoms with Gasteiger partial charge >= 0.3 is 0 Å². The topological polar surface area (TPSA) is 37.3 Å². The maximum absolute atomic E-state index is 12.2. The molecule has 0 heterocycles. The van der Waals surface area contributed by atoms with E-state index in [-0.39, 0.29) is 17.1 Å². The van der Waals surface area contributed by atoms with Crippen molar-refractivity contribution in [1.29, 1.82) is 0 Å². The molecule has 0 saturated heterocycles. The molecule has 3 rings (SSSR count). The lowest BCUT2D eigenvalue weighted by Crippen LogP contribution is -1.94. The maximum atomic E-state index is 12.2. The molecule has 0 atom stereocenters. The maximum Gasteiger partial charge on any atom is 0.189 e. The number of ketones is 1. The SMILES string of the molecule is O=C(/C=C/c1ccc(Cl)c2ccccc12)c1ccccc1O. The Bertz CT molecular complexity index is 881. The number of carbonyl (C=O) groups is 1. The van der Waals surface area contributed by atoms with Gasteiger partial charge in [0.15, 0.2) is 5.78 Å². The van der Waals surface area contributed by atoms with Crippen LogP contribution in [0.1, 0.15) is 15.9 Å². The number of phenols is 1. The quantitative estimate of drug-likeness (QED) is 0.540. The van der Waals surface area contributed by atoms with E-state index in [1.165, 1.54) is 12.1 Å². The van der Waals surface area contributed by atoms with Crippen molar-refractivity contribution >= 4 is 34.2 Å². The largest absolute Gasteiger partial charge is 0.507 e. The molecule has 3 aromatic carbocycles. The summed E-state index contributed by atoms with van der Waals surface area (Å²) in [7, 11) is 0. The Labute approximate surface area is 133 Å². The lowest BCUT2D eigenvalue weighted by Gasteiger charge is -2.04. The number of allylic oxidation sites excluding steroid dienone is 1. The van der Waals surface area contributed by atoms with Crippen LogP contribution in [-0.2, 0) is 0 Å². The van der Waals surface area contributed by atoms with E-state index in [0.717, 1.165) is 16.3 Å². The third-order valence-electron chi connectivity index (χ3n) is 3.49. The van der Waals surface area contributed by atoms with Crippen molar-refractivity contribution in [1.82, 2.24) is 0 Å². The first kappa shape index (κ1) is 14.4. The fraction of sp³-hybridized carbons (Fsp3) is 0. The number of phenolic OH excluding ortho intramolecular Hbond substituents is 1. The molecule has 1 N–H and O–H groups in total. The van der Waals surface area contributed by atoms with E-state index in [1.807, 2.05) is 36.4 Å². The number of aromatic hydroxyl groups is 1. The van der Waals surface area contributed by atoms with Gasteiger partial charge in [-0.1, -0.05) is 60.1 Å². The molecule has 0 radical (unpaired) electrons. The van der Waals surface area contributed by atoms with E-state index >= 15 is 0 Å². The molecule has 0 spiro atoms. The monoisotopic (exact) mass is 308 g/mol. The van der Waals surface area contributed by atoms with E-state index in [1.54, 1.807) is 24.3 Å². The Morgan fingerprint density at radius 2 is 1.59 bits per heavy atom. The number of hydrogen-bond acceptors (Lipinski definition) is 2. The number of para-hydroxylation sites is 1. The number of carbonyl (C=O) groups excluding carboxylic acids is 1. The Balaban J connectivity index is 1.99. The predicted octanol–water partition coefficient (Wildman–Crippen LogP) is 5.09. The summed E-state index contributed by atoms with van der Waals surface area (Å²) in [6.07, 6.45) is 3.21. The minimum atomic E-state index is -0.239. The third kappa shape index (κ3) is 2.74. The van der Waals surface area contributed by atoms with Crippen molar-refractivity contribution in [2.45, 2.75) is 0 Å². The summed E-state index contributed by atoms with van der Waals surface area (Å²) in [6, 6.07) is 18.0. The molecule has 0 aliphatic carbocycles. The van der Waals surface area contributed by atoms with E-state index in [0.29, 0.717) is 5.02 Å². The molecule has 0 bridgehead atoms. The van der Waals surface area contributed by atoms with Gasteiger partial charge in [0.25, 0.3) is 0 Å². The molecule has 2 nitrogen and oxygen atoms in total. The highest BCUT2D eigenvalue weighted by molar-refractivity contribution is 6.35. The molecule has 108 valence electrons. The zero-order valence-electron chi connectivity index (χ0n) is 11.7. The summed E-state index contributed by atoms with van der Waals surface area (Å²) in [5.41, 5.74) is 1.20. The van der Waals surface area contributed by atoms with E-state index in [4.69, 9.17) is 11.6 Å². The highest BCUT2D eigenvalue weighted by atomic mass is 35.5. The summed E-state index contributed by atoms with van der Waals surface area (Å²) in [4.78, 5) is 12.2. The molecule has 0 aliphatic rings. The average molecular weight is 309 g/mol. The lowest BCUT2D eigenvalue weighted by molar-refractivity contribution is 0.104. The normalized spacial score (nSPS) is 11.1. The van der Waals surface area contributed by atoms with Crippen LogP contribution in [0.15, 0.2) is 66.7 Å². The fourth-order valence-electron chi connectivity index (χ4n) is 2.37. The van der Waals surface area contributed by atoms with Gasteiger partial charge in [0, 0.05) is 10.4 Å². The molecular weight excluding hydrogens is 296 g/mol. The van der Waals surface area contributed by atoms with Crippen molar-refractivity contribution in [2.75, 3.05) is 0 Å². The molecule has 3 heteroatoms. The summed E-state index contributed by atoms with van der Waals surface area (Å²) in [5.74, 6) is -0.254. The standard InChI is InChI=1S/C19H13ClO2/c20-17-11-9-13(14-5-1-2-6-15(14)17)10-12-19(22)16-7-3-4-8-18(16)21/h1-12,21H/b12-10+. The van der Waals surface area contributed by atoms with Gasteiger partial charge in [-0.25, -0.2) is 0 Å². The zero-order chi connectivity index (χ0) is 15.5. The van der Waals surface area contributed by atoms with Crippen molar-refractivity contribution in [3.8, 4) is 5.75 Å². The number of hydrogen-bond donors (Lipinski definition) is 1. The molecule has 3 aromatic rings. The van der Waals surface area contributed by atoms with E-state index in [2.05, 4.69) is 0 Å². The van der Waals surface area contributed by atoms with Gasteiger partial charge in [-0.05, 0) is 35.2 Å². The van der Waals surface area contributed by atoms with Gasteiger partial charge in [0.1, 0.15) is 5.75 Å². The Morgan fingerprint density at radius 3 is 2.36 bits per heavy atom. The second-order valence-electron chi connectivity index (χ2n) is 4.90. The molecule has 0 unspecified atom stereocenters. The number of fused-ring (bicyclic) bond motifs is 1. The lowest BCUT2D eigenvalue weighted by atomic mass is 10.0. The van der Waals surface area contributed by atoms with Gasteiger partial charge in [-0.15, -0.1) is 0 Å². The van der Waals surface area contributed by atoms with Crippen molar-refractivity contribution in [3.05, 3.63) is 82.9 Å². The van der Waals surface area contributed by atoms with Gasteiger partial charge < -0.3 is 5.11 Å². The van der Waals surface area contributed by atoms with Crippen LogP contribution in [0.3, 0.4) is 0 Å². The number of rotatable bonds is 3. The second-order valence-corrected chi connectivity index (χ2v) is 5.30. The summed E-state index contributed by atoms with van der Waals surface area (Å²) in [5, 5.41) is 12.3. The van der Waals surface area contributed by atoms with Gasteiger partial charge in [0.2, 0.25) is 0 Å². The number of halogens is 1. The van der Waals surface area contributed by atoms with Crippen LogP contribution in [0, 0.1) is 0 Å². The highest BCUT2D eigenvalue weighted by Crippen LogP contribution is 2.27. The average Bonchev–Trinajstić information content (AvgIpc) is 2.55. The number of benzene rings is 3. The molecule has 0 fully saturated rings. The summed E-state index contributed by atoms with van der Waals surface area (Å²) >= 11 is 6.18. The molecule has 0 aliphatic heterocycles. The minimum Gasteiger partial charge on any atom is -0.507 e. The van der Waals surface area contributed by atoms with Crippen LogP contribution in [-0.4, -0.2) is 10.9 Å².